The fourth-order valence-corrected chi connectivity index (χ4v) is 2.62. The van der Waals surface area contributed by atoms with Gasteiger partial charge < -0.3 is 20.1 Å². The molecule has 0 aromatic rings. The Bertz CT molecular complexity index is 267. The largest absolute Gasteiger partial charge is 0.381 e. The molecule has 6 heteroatoms. The van der Waals surface area contributed by atoms with Crippen LogP contribution in [0.4, 0.5) is 0 Å². The second-order valence-corrected chi connectivity index (χ2v) is 5.38. The van der Waals surface area contributed by atoms with Crippen molar-refractivity contribution in [2.75, 3.05) is 32.9 Å². The molecule has 20 heavy (non-hydrogen) atoms. The van der Waals surface area contributed by atoms with Gasteiger partial charge in [-0.15, -0.1) is 12.4 Å². The number of hydrogen-bond acceptors (Lipinski definition) is 4. The number of halogens is 1. The summed E-state index contributed by atoms with van der Waals surface area (Å²) in [5, 5.41) is 6.30. The summed E-state index contributed by atoms with van der Waals surface area (Å²) in [6.45, 7) is 4.13. The number of carbonyl (C=O) groups is 1. The van der Waals surface area contributed by atoms with E-state index in [-0.39, 0.29) is 18.3 Å². The van der Waals surface area contributed by atoms with Gasteiger partial charge in [0.1, 0.15) is 0 Å². The number of hydrogen-bond donors (Lipinski definition) is 2. The molecule has 2 aliphatic heterocycles. The van der Waals surface area contributed by atoms with Crippen molar-refractivity contribution in [2.45, 2.75) is 50.7 Å². The van der Waals surface area contributed by atoms with Gasteiger partial charge in [0.2, 0.25) is 5.91 Å². The summed E-state index contributed by atoms with van der Waals surface area (Å²) in [5.74, 6) is 0.158. The average molecular weight is 307 g/mol. The molecule has 0 aromatic heterocycles. The molecule has 1 amide bonds. The third-order valence-electron chi connectivity index (χ3n) is 3.76. The predicted molar refractivity (Wildman–Crippen MR) is 80.3 cm³/mol. The van der Waals surface area contributed by atoms with Gasteiger partial charge in [-0.25, -0.2) is 0 Å². The quantitative estimate of drug-likeness (QED) is 0.695. The second-order valence-electron chi connectivity index (χ2n) is 5.38. The Balaban J connectivity index is 0.00000200. The standard InChI is InChI=1S/C14H26N2O3.ClH/c17-14(11-12-3-1-6-15-12)16-7-2-8-19-13-4-9-18-10-5-13;/h12-13,15H,1-11H2,(H,16,17);1H. The normalized spacial score (nSPS) is 23.3. The van der Waals surface area contributed by atoms with Crippen molar-refractivity contribution in [2.24, 2.45) is 0 Å². The van der Waals surface area contributed by atoms with Crippen molar-refractivity contribution in [3.63, 3.8) is 0 Å². The summed E-state index contributed by atoms with van der Waals surface area (Å²) in [6, 6.07) is 0.387. The number of carbonyl (C=O) groups excluding carboxylic acids is 1. The highest BCUT2D eigenvalue weighted by Crippen LogP contribution is 2.10. The molecule has 0 radical (unpaired) electrons. The SMILES string of the molecule is Cl.O=C(CC1CCCN1)NCCCOC1CCOCC1. The zero-order valence-electron chi connectivity index (χ0n) is 12.1. The van der Waals surface area contributed by atoms with Crippen molar-refractivity contribution in [1.82, 2.24) is 10.6 Å². The lowest BCUT2D eigenvalue weighted by Gasteiger charge is -2.22. The fourth-order valence-electron chi connectivity index (χ4n) is 2.62. The molecule has 1 atom stereocenters. The van der Waals surface area contributed by atoms with Crippen molar-refractivity contribution in [3.05, 3.63) is 0 Å². The van der Waals surface area contributed by atoms with E-state index in [1.165, 1.54) is 6.42 Å². The van der Waals surface area contributed by atoms with Crippen molar-refractivity contribution in [3.8, 4) is 0 Å². The third kappa shape index (κ3) is 6.88. The average Bonchev–Trinajstić information content (AvgIpc) is 2.92. The van der Waals surface area contributed by atoms with E-state index < -0.39 is 0 Å². The minimum absolute atomic E-state index is 0. The van der Waals surface area contributed by atoms with Crippen LogP contribution in [0.1, 0.15) is 38.5 Å². The molecule has 0 aromatic carbocycles. The maximum absolute atomic E-state index is 11.7. The van der Waals surface area contributed by atoms with Crippen molar-refractivity contribution < 1.29 is 14.3 Å². The molecule has 1 unspecified atom stereocenters. The van der Waals surface area contributed by atoms with Crippen LogP contribution in [0.25, 0.3) is 0 Å². The molecule has 0 spiro atoms. The number of ether oxygens (including phenoxy) is 2. The second kappa shape index (κ2) is 10.4. The van der Waals surface area contributed by atoms with Gasteiger partial charge in [-0.3, -0.25) is 4.79 Å². The minimum atomic E-state index is 0. The summed E-state index contributed by atoms with van der Waals surface area (Å²) in [7, 11) is 0. The molecule has 2 N–H and O–H groups in total. The van der Waals surface area contributed by atoms with E-state index in [0.717, 1.165) is 58.6 Å². The molecule has 0 aliphatic carbocycles. The van der Waals surface area contributed by atoms with Crippen molar-refractivity contribution in [1.29, 1.82) is 0 Å². The van der Waals surface area contributed by atoms with E-state index in [4.69, 9.17) is 9.47 Å². The van der Waals surface area contributed by atoms with Gasteiger partial charge in [0, 0.05) is 38.8 Å². The summed E-state index contributed by atoms with van der Waals surface area (Å²) < 4.78 is 11.0. The Kier molecular flexibility index (Phi) is 9.18. The Morgan fingerprint density at radius 1 is 1.30 bits per heavy atom. The molecule has 2 saturated heterocycles. The first-order valence-electron chi connectivity index (χ1n) is 7.54. The van der Waals surface area contributed by atoms with Crippen LogP contribution in [-0.4, -0.2) is 51.0 Å². The predicted octanol–water partition coefficient (Wildman–Crippen LogP) is 1.25. The Hall–Kier alpha value is -0.360. The molecule has 2 fully saturated rings. The molecular formula is C14H27ClN2O3. The lowest BCUT2D eigenvalue weighted by molar-refractivity contribution is -0.121. The van der Waals surface area contributed by atoms with Gasteiger partial charge in [0.15, 0.2) is 0 Å². The smallest absolute Gasteiger partial charge is 0.221 e. The summed E-state index contributed by atoms with van der Waals surface area (Å²) in [6.07, 6.45) is 6.17. The highest BCUT2D eigenvalue weighted by Gasteiger charge is 2.17. The first-order chi connectivity index (χ1) is 9.34. The summed E-state index contributed by atoms with van der Waals surface area (Å²) in [5.41, 5.74) is 0. The molecule has 2 heterocycles. The maximum Gasteiger partial charge on any atom is 0.221 e. The zero-order chi connectivity index (χ0) is 13.3. The highest BCUT2D eigenvalue weighted by molar-refractivity contribution is 5.85. The fraction of sp³-hybridized carbons (Fsp3) is 0.929. The Labute approximate surface area is 127 Å². The van der Waals surface area contributed by atoms with E-state index in [1.54, 1.807) is 0 Å². The molecule has 5 nitrogen and oxygen atoms in total. The molecule has 2 aliphatic rings. The maximum atomic E-state index is 11.7. The number of amides is 1. The van der Waals surface area contributed by atoms with E-state index in [2.05, 4.69) is 10.6 Å². The molecule has 2 rings (SSSR count). The Morgan fingerprint density at radius 2 is 2.10 bits per heavy atom. The first-order valence-corrected chi connectivity index (χ1v) is 7.54. The van der Waals surface area contributed by atoms with Gasteiger partial charge in [-0.05, 0) is 38.6 Å². The number of nitrogens with one attached hydrogen (secondary N) is 2. The Morgan fingerprint density at radius 3 is 2.80 bits per heavy atom. The molecule has 0 bridgehead atoms. The molecule has 0 saturated carbocycles. The summed E-state index contributed by atoms with van der Waals surface area (Å²) >= 11 is 0. The first kappa shape index (κ1) is 17.7. The lowest BCUT2D eigenvalue weighted by Crippen LogP contribution is -2.33. The van der Waals surface area contributed by atoms with Crippen LogP contribution in [0.2, 0.25) is 0 Å². The monoisotopic (exact) mass is 306 g/mol. The van der Waals surface area contributed by atoms with Crippen LogP contribution in [0, 0.1) is 0 Å². The molecular weight excluding hydrogens is 280 g/mol. The number of rotatable bonds is 7. The molecule has 118 valence electrons. The summed E-state index contributed by atoms with van der Waals surface area (Å²) in [4.78, 5) is 11.7. The van der Waals surface area contributed by atoms with Crippen LogP contribution in [0.15, 0.2) is 0 Å². The van der Waals surface area contributed by atoms with Gasteiger partial charge in [0.05, 0.1) is 6.10 Å². The topological polar surface area (TPSA) is 59.6 Å². The van der Waals surface area contributed by atoms with Crippen LogP contribution >= 0.6 is 12.4 Å². The van der Waals surface area contributed by atoms with Gasteiger partial charge >= 0.3 is 0 Å². The van der Waals surface area contributed by atoms with E-state index >= 15 is 0 Å². The van der Waals surface area contributed by atoms with Crippen molar-refractivity contribution >= 4 is 18.3 Å². The third-order valence-corrected chi connectivity index (χ3v) is 3.76. The van der Waals surface area contributed by atoms with Crippen LogP contribution in [-0.2, 0) is 14.3 Å². The van der Waals surface area contributed by atoms with Gasteiger partial charge in [0.25, 0.3) is 0 Å². The van der Waals surface area contributed by atoms with Crippen LogP contribution in [0.5, 0.6) is 0 Å². The van der Waals surface area contributed by atoms with Gasteiger partial charge in [-0.2, -0.15) is 0 Å². The lowest BCUT2D eigenvalue weighted by atomic mass is 10.1. The van der Waals surface area contributed by atoms with E-state index in [0.29, 0.717) is 18.6 Å². The highest BCUT2D eigenvalue weighted by atomic mass is 35.5. The van der Waals surface area contributed by atoms with Crippen LogP contribution < -0.4 is 10.6 Å². The zero-order valence-corrected chi connectivity index (χ0v) is 12.9. The minimum Gasteiger partial charge on any atom is -0.381 e. The van der Waals surface area contributed by atoms with Crippen LogP contribution in [0.3, 0.4) is 0 Å². The van der Waals surface area contributed by atoms with E-state index in [1.807, 2.05) is 0 Å². The van der Waals surface area contributed by atoms with Gasteiger partial charge in [-0.1, -0.05) is 0 Å². The van der Waals surface area contributed by atoms with E-state index in [9.17, 15) is 4.79 Å².